The fourth-order valence-electron chi connectivity index (χ4n) is 2.75. The van der Waals surface area contributed by atoms with Gasteiger partial charge < -0.3 is 15.2 Å². The number of nitrogens with one attached hydrogen (secondary N) is 1. The van der Waals surface area contributed by atoms with Crippen molar-refractivity contribution < 1.29 is 27.4 Å². The van der Waals surface area contributed by atoms with Crippen molar-refractivity contribution in [3.63, 3.8) is 0 Å². The van der Waals surface area contributed by atoms with Crippen molar-refractivity contribution in [3.05, 3.63) is 47.5 Å². The molecule has 0 saturated carbocycles. The quantitative estimate of drug-likeness (QED) is 0.641. The van der Waals surface area contributed by atoms with Crippen molar-refractivity contribution in [2.24, 2.45) is 0 Å². The van der Waals surface area contributed by atoms with E-state index in [2.05, 4.69) is 20.4 Å². The minimum absolute atomic E-state index is 0.113. The van der Waals surface area contributed by atoms with E-state index in [1.165, 1.54) is 37.9 Å². The summed E-state index contributed by atoms with van der Waals surface area (Å²) in [5.41, 5.74) is -2.74. The number of nitrogens with zero attached hydrogens (tertiary/aromatic N) is 4. The van der Waals surface area contributed by atoms with Crippen molar-refractivity contribution in [3.8, 4) is 5.88 Å². The maximum absolute atomic E-state index is 14.1. The van der Waals surface area contributed by atoms with Crippen molar-refractivity contribution in [1.29, 1.82) is 0 Å². The Morgan fingerprint density at radius 1 is 1.21 bits per heavy atom. The number of anilines is 1. The lowest BCUT2D eigenvalue weighted by Crippen LogP contribution is -2.35. The van der Waals surface area contributed by atoms with Crippen LogP contribution in [0.4, 0.5) is 23.4 Å². The molecule has 2 heterocycles. The van der Waals surface area contributed by atoms with Gasteiger partial charge in [0.1, 0.15) is 18.0 Å². The summed E-state index contributed by atoms with van der Waals surface area (Å²) >= 11 is 0. The number of alkyl halides is 3. The zero-order valence-electron chi connectivity index (χ0n) is 15.1. The van der Waals surface area contributed by atoms with Gasteiger partial charge in [-0.15, -0.1) is 0 Å². The number of fused-ring (bicyclic) bond motifs is 1. The molecule has 0 fully saturated rings. The molecule has 28 heavy (non-hydrogen) atoms. The van der Waals surface area contributed by atoms with Crippen LogP contribution < -0.4 is 10.1 Å². The molecule has 2 aromatic heterocycles. The Morgan fingerprint density at radius 3 is 2.50 bits per heavy atom. The Morgan fingerprint density at radius 2 is 1.93 bits per heavy atom. The highest BCUT2D eigenvalue weighted by atomic mass is 19.4. The average Bonchev–Trinajstić information content (AvgIpc) is 3.05. The predicted molar refractivity (Wildman–Crippen MR) is 91.4 cm³/mol. The molecular formula is C17H17F4N5O2. The van der Waals surface area contributed by atoms with Gasteiger partial charge in [-0.3, -0.25) is 0 Å². The smallest absolute Gasteiger partial charge is 0.419 e. The molecule has 0 aliphatic heterocycles. The number of ether oxygens (including phenoxy) is 1. The van der Waals surface area contributed by atoms with Gasteiger partial charge in [-0.25, -0.2) is 4.39 Å². The van der Waals surface area contributed by atoms with Gasteiger partial charge >= 0.3 is 6.18 Å². The van der Waals surface area contributed by atoms with E-state index in [0.717, 1.165) is 12.1 Å². The Hall–Kier alpha value is -2.95. The molecule has 0 aliphatic carbocycles. The Labute approximate surface area is 157 Å². The van der Waals surface area contributed by atoms with Gasteiger partial charge in [-0.2, -0.15) is 32.8 Å². The topological polar surface area (TPSA) is 84.6 Å². The summed E-state index contributed by atoms with van der Waals surface area (Å²) in [4.78, 5) is 8.05. The van der Waals surface area contributed by atoms with Crippen LogP contribution in [0.25, 0.3) is 5.78 Å². The minimum Gasteiger partial charge on any atom is -0.481 e. The summed E-state index contributed by atoms with van der Waals surface area (Å²) in [5.74, 6) is -0.725. The molecule has 2 N–H and O–H groups in total. The predicted octanol–water partition coefficient (Wildman–Crippen LogP) is 3.21. The first-order valence-electron chi connectivity index (χ1n) is 8.11. The Kier molecular flexibility index (Phi) is 4.88. The Balaban J connectivity index is 2.06. The molecule has 0 aliphatic rings. The summed E-state index contributed by atoms with van der Waals surface area (Å²) in [6, 6.07) is 2.99. The number of aliphatic hydroxyl groups is 1. The molecule has 1 unspecified atom stereocenters. The first kappa shape index (κ1) is 19.8. The molecule has 1 aromatic carbocycles. The minimum atomic E-state index is -4.81. The van der Waals surface area contributed by atoms with E-state index in [1.807, 2.05) is 0 Å². The van der Waals surface area contributed by atoms with E-state index in [9.17, 15) is 22.7 Å². The molecular weight excluding hydrogens is 382 g/mol. The van der Waals surface area contributed by atoms with Gasteiger partial charge in [0, 0.05) is 6.07 Å². The van der Waals surface area contributed by atoms with E-state index in [0.29, 0.717) is 11.9 Å². The van der Waals surface area contributed by atoms with Crippen molar-refractivity contribution in [2.75, 3.05) is 12.4 Å². The van der Waals surface area contributed by atoms with Crippen LogP contribution in [0.3, 0.4) is 0 Å². The second kappa shape index (κ2) is 6.89. The largest absolute Gasteiger partial charge is 0.481 e. The first-order valence-corrected chi connectivity index (χ1v) is 8.11. The van der Waals surface area contributed by atoms with E-state index in [1.54, 1.807) is 0 Å². The number of methoxy groups -OCH3 is 1. The maximum atomic E-state index is 14.1. The van der Waals surface area contributed by atoms with E-state index in [-0.39, 0.29) is 17.2 Å². The second-order valence-electron chi connectivity index (χ2n) is 6.62. The number of halogens is 4. The number of hydrogen-bond donors (Lipinski definition) is 2. The highest BCUT2D eigenvalue weighted by Crippen LogP contribution is 2.35. The molecule has 11 heteroatoms. The third-order valence-corrected chi connectivity index (χ3v) is 4.07. The number of benzene rings is 1. The van der Waals surface area contributed by atoms with Crippen LogP contribution >= 0.6 is 0 Å². The van der Waals surface area contributed by atoms with E-state index >= 15 is 0 Å². The molecule has 0 amide bonds. The van der Waals surface area contributed by atoms with Crippen molar-refractivity contribution >= 4 is 11.6 Å². The molecule has 0 bridgehead atoms. The summed E-state index contributed by atoms with van der Waals surface area (Å²) in [7, 11) is 1.40. The van der Waals surface area contributed by atoms with Gasteiger partial charge in [0.05, 0.1) is 24.3 Å². The number of hydrogen-bond acceptors (Lipinski definition) is 6. The summed E-state index contributed by atoms with van der Waals surface area (Å²) in [6.45, 7) is 2.88. The number of rotatable bonds is 5. The monoisotopic (exact) mass is 399 g/mol. The molecule has 1 atom stereocenters. The van der Waals surface area contributed by atoms with Crippen LogP contribution in [-0.2, 0) is 6.18 Å². The SMILES string of the molecule is COc1cc(NC(c2ccc(C(F)(F)F)c(F)c2)C(C)(C)O)n2ncnc2n1. The average molecular weight is 399 g/mol. The van der Waals surface area contributed by atoms with Crippen LogP contribution in [0.2, 0.25) is 0 Å². The van der Waals surface area contributed by atoms with Crippen LogP contribution in [0.5, 0.6) is 5.88 Å². The fraction of sp³-hybridized carbons (Fsp3) is 0.353. The molecule has 3 rings (SSSR count). The zero-order chi connectivity index (χ0) is 20.7. The lowest BCUT2D eigenvalue weighted by Gasteiger charge is -2.31. The third-order valence-electron chi connectivity index (χ3n) is 4.07. The van der Waals surface area contributed by atoms with Crippen LogP contribution in [0, 0.1) is 5.82 Å². The van der Waals surface area contributed by atoms with Crippen LogP contribution in [0.15, 0.2) is 30.6 Å². The number of aromatic nitrogens is 4. The molecule has 3 aromatic rings. The molecule has 150 valence electrons. The summed E-state index contributed by atoms with van der Waals surface area (Å²) < 4.78 is 59.0. The maximum Gasteiger partial charge on any atom is 0.419 e. The molecule has 0 spiro atoms. The summed E-state index contributed by atoms with van der Waals surface area (Å²) in [5, 5.41) is 17.5. The highest BCUT2D eigenvalue weighted by molar-refractivity contribution is 5.49. The van der Waals surface area contributed by atoms with Gasteiger partial charge in [-0.1, -0.05) is 6.07 Å². The fourth-order valence-corrected chi connectivity index (χ4v) is 2.75. The van der Waals surface area contributed by atoms with Crippen molar-refractivity contribution in [1.82, 2.24) is 19.6 Å². The van der Waals surface area contributed by atoms with Gasteiger partial charge in [0.2, 0.25) is 5.88 Å². The zero-order valence-corrected chi connectivity index (χ0v) is 15.1. The molecule has 0 saturated heterocycles. The van der Waals surface area contributed by atoms with Gasteiger partial charge in [-0.05, 0) is 31.5 Å². The lowest BCUT2D eigenvalue weighted by molar-refractivity contribution is -0.140. The van der Waals surface area contributed by atoms with Crippen molar-refractivity contribution in [2.45, 2.75) is 31.7 Å². The van der Waals surface area contributed by atoms with E-state index in [4.69, 9.17) is 4.74 Å². The summed E-state index contributed by atoms with van der Waals surface area (Å²) in [6.07, 6.45) is -3.56. The lowest BCUT2D eigenvalue weighted by atomic mass is 9.91. The standard InChI is InChI=1S/C17H17F4N5O2/c1-16(2,27)14(9-4-5-10(11(18)6-9)17(19,20)21)24-12-7-13(28-3)25-15-22-8-23-26(12)15/h4-8,14,24,27H,1-3H3. The first-order chi connectivity index (χ1) is 13.0. The molecule has 7 nitrogen and oxygen atoms in total. The normalized spacial score (nSPS) is 13.6. The van der Waals surface area contributed by atoms with Crippen LogP contribution in [0.1, 0.15) is 31.0 Å². The van der Waals surface area contributed by atoms with Gasteiger partial charge in [0.15, 0.2) is 0 Å². The highest BCUT2D eigenvalue weighted by Gasteiger charge is 2.36. The third kappa shape index (κ3) is 3.84. The van der Waals surface area contributed by atoms with Crippen LogP contribution in [-0.4, -0.2) is 37.4 Å². The second-order valence-corrected chi connectivity index (χ2v) is 6.62. The molecule has 0 radical (unpaired) electrons. The Bertz CT molecular complexity index is 997. The van der Waals surface area contributed by atoms with Gasteiger partial charge in [0.25, 0.3) is 5.78 Å². The van der Waals surface area contributed by atoms with E-state index < -0.39 is 29.2 Å².